The van der Waals surface area contributed by atoms with Gasteiger partial charge in [0.1, 0.15) is 6.54 Å². The van der Waals surface area contributed by atoms with Gasteiger partial charge in [-0.3, -0.25) is 4.79 Å². The van der Waals surface area contributed by atoms with Crippen molar-refractivity contribution in [1.29, 1.82) is 0 Å². The van der Waals surface area contributed by atoms with Crippen molar-refractivity contribution in [3.63, 3.8) is 0 Å². The highest BCUT2D eigenvalue weighted by Crippen LogP contribution is 1.89. The molecule has 0 saturated heterocycles. The van der Waals surface area contributed by atoms with Crippen molar-refractivity contribution >= 4 is 12.1 Å². The number of nitrogens with zero attached hydrogens (tertiary/aromatic N) is 1. The van der Waals surface area contributed by atoms with Crippen LogP contribution in [0.4, 0.5) is 4.79 Å². The summed E-state index contributed by atoms with van der Waals surface area (Å²) >= 11 is 0. The van der Waals surface area contributed by atoms with Gasteiger partial charge in [0.05, 0.1) is 13.7 Å². The van der Waals surface area contributed by atoms with Crippen molar-refractivity contribution < 1.29 is 19.1 Å². The topological polar surface area (TPSA) is 55.8 Å². The lowest BCUT2D eigenvalue weighted by Gasteiger charge is -2.13. The summed E-state index contributed by atoms with van der Waals surface area (Å²) in [7, 11) is 2.72. The van der Waals surface area contributed by atoms with Crippen LogP contribution in [-0.2, 0) is 14.3 Å². The van der Waals surface area contributed by atoms with Crippen molar-refractivity contribution in [2.24, 2.45) is 0 Å². The molecule has 0 aromatic heterocycles. The molecule has 0 aliphatic heterocycles. The number of rotatable bonds is 3. The van der Waals surface area contributed by atoms with Gasteiger partial charge in [0.15, 0.2) is 0 Å². The Morgan fingerprint density at radius 3 is 2.42 bits per heavy atom. The molecule has 1 amide bonds. The van der Waals surface area contributed by atoms with Gasteiger partial charge in [-0.15, -0.1) is 0 Å². The molecule has 0 rings (SSSR count). The van der Waals surface area contributed by atoms with Gasteiger partial charge in [-0.2, -0.15) is 0 Å². The van der Waals surface area contributed by atoms with Crippen LogP contribution in [0.5, 0.6) is 0 Å². The molecular weight excluding hydrogens is 162 g/mol. The largest absolute Gasteiger partial charge is 0.465 e. The van der Waals surface area contributed by atoms with Crippen LogP contribution < -0.4 is 0 Å². The van der Waals surface area contributed by atoms with E-state index in [9.17, 15) is 9.59 Å². The average molecular weight is 175 g/mol. The van der Waals surface area contributed by atoms with Gasteiger partial charge in [-0.1, -0.05) is 0 Å². The van der Waals surface area contributed by atoms with Gasteiger partial charge < -0.3 is 14.4 Å². The lowest BCUT2D eigenvalue weighted by molar-refractivity contribution is -0.143. The molecule has 70 valence electrons. The summed E-state index contributed by atoms with van der Waals surface area (Å²) in [5.41, 5.74) is 0. The molecule has 0 aliphatic rings. The molecule has 0 aromatic rings. The predicted octanol–water partition coefficient (Wildman–Crippen LogP) is 0.248. The van der Waals surface area contributed by atoms with Crippen LogP contribution in [0.25, 0.3) is 0 Å². The van der Waals surface area contributed by atoms with E-state index >= 15 is 0 Å². The highest BCUT2D eigenvalue weighted by Gasteiger charge is 2.12. The molecule has 0 aromatic carbocycles. The zero-order chi connectivity index (χ0) is 9.56. The second-order valence-corrected chi connectivity index (χ2v) is 2.13. The third-order valence-electron chi connectivity index (χ3n) is 1.16. The number of esters is 1. The number of carbonyl (C=O) groups excluding carboxylic acids is 2. The van der Waals surface area contributed by atoms with Gasteiger partial charge in [0.2, 0.25) is 0 Å². The van der Waals surface area contributed by atoms with E-state index in [1.165, 1.54) is 14.2 Å². The number of hydrogen-bond acceptors (Lipinski definition) is 4. The summed E-state index contributed by atoms with van der Waals surface area (Å²) in [4.78, 5) is 22.7. The summed E-state index contributed by atoms with van der Waals surface area (Å²) in [5.74, 6) is -0.439. The summed E-state index contributed by atoms with van der Waals surface area (Å²) in [5, 5.41) is 0. The SMILES string of the molecule is CCOC(=O)CN(C)C(=O)OC. The van der Waals surface area contributed by atoms with E-state index < -0.39 is 12.1 Å². The molecule has 0 unspecified atom stereocenters. The summed E-state index contributed by atoms with van der Waals surface area (Å²) < 4.78 is 8.99. The van der Waals surface area contributed by atoms with E-state index in [2.05, 4.69) is 9.47 Å². The molecule has 0 spiro atoms. The standard InChI is InChI=1S/C7H13NO4/c1-4-12-6(9)5-8(2)7(10)11-3/h4-5H2,1-3H3. The number of methoxy groups -OCH3 is 1. The lowest BCUT2D eigenvalue weighted by atomic mass is 10.6. The van der Waals surface area contributed by atoms with Gasteiger partial charge in [0.25, 0.3) is 0 Å². The number of ether oxygens (including phenoxy) is 2. The fourth-order valence-electron chi connectivity index (χ4n) is 0.621. The fraction of sp³-hybridized carbons (Fsp3) is 0.714. The minimum Gasteiger partial charge on any atom is -0.465 e. The number of carbonyl (C=O) groups is 2. The Balaban J connectivity index is 3.75. The quantitative estimate of drug-likeness (QED) is 0.577. The monoisotopic (exact) mass is 175 g/mol. The molecule has 12 heavy (non-hydrogen) atoms. The Kier molecular flexibility index (Phi) is 4.83. The van der Waals surface area contributed by atoms with Gasteiger partial charge in [-0.25, -0.2) is 4.79 Å². The molecule has 5 nitrogen and oxygen atoms in total. The normalized spacial score (nSPS) is 8.92. The van der Waals surface area contributed by atoms with Crippen molar-refractivity contribution in [2.75, 3.05) is 27.3 Å². The van der Waals surface area contributed by atoms with Crippen molar-refractivity contribution in [3.8, 4) is 0 Å². The van der Waals surface area contributed by atoms with Crippen molar-refractivity contribution in [2.45, 2.75) is 6.92 Å². The van der Waals surface area contributed by atoms with E-state index in [1.54, 1.807) is 6.92 Å². The second kappa shape index (κ2) is 5.40. The summed E-state index contributed by atoms with van der Waals surface area (Å²) in [6, 6.07) is 0. The first kappa shape index (κ1) is 10.7. The van der Waals surface area contributed by atoms with Crippen LogP contribution >= 0.6 is 0 Å². The molecule has 5 heteroatoms. The maximum atomic E-state index is 10.8. The Morgan fingerprint density at radius 2 is 2.00 bits per heavy atom. The maximum absolute atomic E-state index is 10.8. The number of likely N-dealkylation sites (N-methyl/N-ethyl adjacent to an activating group) is 1. The minimum atomic E-state index is -0.553. The van der Waals surface area contributed by atoms with Gasteiger partial charge in [-0.05, 0) is 6.92 Å². The predicted molar refractivity (Wildman–Crippen MR) is 41.7 cm³/mol. The Labute approximate surface area is 71.2 Å². The summed E-state index contributed by atoms with van der Waals surface area (Å²) in [6.07, 6.45) is -0.553. The van der Waals surface area contributed by atoms with E-state index in [0.29, 0.717) is 6.61 Å². The van der Waals surface area contributed by atoms with Crippen LogP contribution in [0.2, 0.25) is 0 Å². The number of amides is 1. The Morgan fingerprint density at radius 1 is 1.42 bits per heavy atom. The fourth-order valence-corrected chi connectivity index (χ4v) is 0.621. The van der Waals surface area contributed by atoms with Crippen LogP contribution in [-0.4, -0.2) is 44.3 Å². The lowest BCUT2D eigenvalue weighted by Crippen LogP contribution is -2.32. The highest BCUT2D eigenvalue weighted by atomic mass is 16.5. The number of hydrogen-bond donors (Lipinski definition) is 0. The highest BCUT2D eigenvalue weighted by molar-refractivity contribution is 5.77. The van der Waals surface area contributed by atoms with E-state index in [4.69, 9.17) is 0 Å². The van der Waals surface area contributed by atoms with E-state index in [0.717, 1.165) is 4.90 Å². The first-order valence-electron chi connectivity index (χ1n) is 3.56. The van der Waals surface area contributed by atoms with Crippen molar-refractivity contribution in [1.82, 2.24) is 4.90 Å². The minimum absolute atomic E-state index is 0.0828. The smallest absolute Gasteiger partial charge is 0.409 e. The molecular formula is C7H13NO4. The van der Waals surface area contributed by atoms with E-state index in [-0.39, 0.29) is 6.54 Å². The first-order valence-corrected chi connectivity index (χ1v) is 3.56. The third kappa shape index (κ3) is 3.80. The van der Waals surface area contributed by atoms with Crippen LogP contribution in [0, 0.1) is 0 Å². The van der Waals surface area contributed by atoms with E-state index in [1.807, 2.05) is 0 Å². The second-order valence-electron chi connectivity index (χ2n) is 2.13. The molecule has 0 fully saturated rings. The zero-order valence-corrected chi connectivity index (χ0v) is 7.49. The molecule has 0 N–H and O–H groups in total. The molecule has 0 bridgehead atoms. The third-order valence-corrected chi connectivity index (χ3v) is 1.16. The van der Waals surface area contributed by atoms with Crippen LogP contribution in [0.1, 0.15) is 6.92 Å². The molecule has 0 saturated carbocycles. The Bertz CT molecular complexity index is 169. The van der Waals surface area contributed by atoms with Gasteiger partial charge >= 0.3 is 12.1 Å². The van der Waals surface area contributed by atoms with Crippen LogP contribution in [0.3, 0.4) is 0 Å². The maximum Gasteiger partial charge on any atom is 0.409 e. The van der Waals surface area contributed by atoms with Crippen molar-refractivity contribution in [3.05, 3.63) is 0 Å². The van der Waals surface area contributed by atoms with Crippen LogP contribution in [0.15, 0.2) is 0 Å². The Hall–Kier alpha value is -1.26. The first-order chi connectivity index (χ1) is 5.61. The molecule has 0 radical (unpaired) electrons. The van der Waals surface area contributed by atoms with Gasteiger partial charge in [0, 0.05) is 7.05 Å². The molecule has 0 atom stereocenters. The molecule has 0 heterocycles. The average Bonchev–Trinajstić information content (AvgIpc) is 2.03. The zero-order valence-electron chi connectivity index (χ0n) is 7.49. The molecule has 0 aliphatic carbocycles. The summed E-state index contributed by atoms with van der Waals surface area (Å²) in [6.45, 7) is 1.93.